The Kier molecular flexibility index (Phi) is 5.21. The van der Waals surface area contributed by atoms with Crippen LogP contribution in [-0.2, 0) is 13.0 Å². The highest BCUT2D eigenvalue weighted by atomic mass is 19.1. The molecule has 0 aliphatic heterocycles. The average Bonchev–Trinajstić information content (AvgIpc) is 3.29. The smallest absolute Gasteiger partial charge is 0.251 e. The highest BCUT2D eigenvalue weighted by molar-refractivity contribution is 5.94. The third kappa shape index (κ3) is 4.25. The lowest BCUT2D eigenvalue weighted by Crippen LogP contribution is -2.23. The van der Waals surface area contributed by atoms with Crippen molar-refractivity contribution in [3.63, 3.8) is 0 Å². The van der Waals surface area contributed by atoms with Crippen molar-refractivity contribution >= 4 is 27.7 Å². The molecule has 1 amide bonds. The lowest BCUT2D eigenvalue weighted by atomic mass is 10.0. The number of fused-ring (bicyclic) bond motifs is 2. The first-order valence-electron chi connectivity index (χ1n) is 10.2. The van der Waals surface area contributed by atoms with Crippen molar-refractivity contribution in [1.82, 2.24) is 25.5 Å². The molecule has 7 nitrogen and oxygen atoms in total. The molecule has 0 aliphatic carbocycles. The predicted octanol–water partition coefficient (Wildman–Crippen LogP) is 4.04. The second-order valence-corrected chi connectivity index (χ2v) is 7.66. The number of hydrogen-bond acceptors (Lipinski definition) is 5. The van der Waals surface area contributed by atoms with E-state index in [0.717, 1.165) is 27.5 Å². The number of benzene rings is 2. The predicted molar refractivity (Wildman–Crippen MR) is 121 cm³/mol. The number of halogens is 1. The van der Waals surface area contributed by atoms with Gasteiger partial charge in [-0.25, -0.2) is 4.39 Å². The van der Waals surface area contributed by atoms with E-state index in [1.165, 1.54) is 6.07 Å². The minimum absolute atomic E-state index is 0.0579. The molecule has 3 heterocycles. The number of pyridine rings is 2. The van der Waals surface area contributed by atoms with Gasteiger partial charge in [0.2, 0.25) is 0 Å². The molecule has 0 radical (unpaired) electrons. The fraction of sp³-hybridized carbons (Fsp3) is 0.0800. The van der Waals surface area contributed by atoms with Crippen LogP contribution in [0.25, 0.3) is 21.8 Å². The number of rotatable bonds is 5. The summed E-state index contributed by atoms with van der Waals surface area (Å²) in [6, 6.07) is 16.1. The maximum Gasteiger partial charge on any atom is 0.251 e. The van der Waals surface area contributed by atoms with E-state index in [-0.39, 0.29) is 12.5 Å². The van der Waals surface area contributed by atoms with Gasteiger partial charge in [-0.3, -0.25) is 19.9 Å². The SMILES string of the molecule is N#Cc1cnc2ccc(Cc3cc(C(=O)NCc4cc5cn[nH]c5cc4F)ccn3)cc2c1. The lowest BCUT2D eigenvalue weighted by Gasteiger charge is -2.08. The summed E-state index contributed by atoms with van der Waals surface area (Å²) in [7, 11) is 0. The van der Waals surface area contributed by atoms with E-state index in [0.29, 0.717) is 28.6 Å². The Morgan fingerprint density at radius 2 is 1.97 bits per heavy atom. The van der Waals surface area contributed by atoms with Crippen molar-refractivity contribution in [3.8, 4) is 6.07 Å². The van der Waals surface area contributed by atoms with Crippen LogP contribution >= 0.6 is 0 Å². The molecule has 2 N–H and O–H groups in total. The van der Waals surface area contributed by atoms with E-state index >= 15 is 0 Å². The molecule has 0 spiro atoms. The molecule has 8 heteroatoms. The fourth-order valence-electron chi connectivity index (χ4n) is 3.70. The number of H-pyrrole nitrogens is 1. The maximum absolute atomic E-state index is 14.3. The van der Waals surface area contributed by atoms with Crippen LogP contribution in [0.4, 0.5) is 4.39 Å². The first-order chi connectivity index (χ1) is 16.1. The molecule has 160 valence electrons. The minimum atomic E-state index is -0.409. The molecule has 0 atom stereocenters. The molecule has 0 fully saturated rings. The summed E-state index contributed by atoms with van der Waals surface area (Å²) in [5.74, 6) is -0.723. The van der Waals surface area contributed by atoms with Gasteiger partial charge in [-0.2, -0.15) is 10.4 Å². The van der Waals surface area contributed by atoms with Crippen LogP contribution in [0, 0.1) is 17.1 Å². The van der Waals surface area contributed by atoms with Crippen LogP contribution in [0.5, 0.6) is 0 Å². The van der Waals surface area contributed by atoms with E-state index in [2.05, 4.69) is 31.6 Å². The van der Waals surface area contributed by atoms with Gasteiger partial charge >= 0.3 is 0 Å². The lowest BCUT2D eigenvalue weighted by molar-refractivity contribution is 0.0950. The van der Waals surface area contributed by atoms with Gasteiger partial charge in [0.05, 0.1) is 22.8 Å². The molecular weight excluding hydrogens is 419 g/mol. The Morgan fingerprint density at radius 1 is 1.06 bits per heavy atom. The molecule has 5 rings (SSSR count). The highest BCUT2D eigenvalue weighted by Crippen LogP contribution is 2.19. The molecule has 2 aromatic carbocycles. The van der Waals surface area contributed by atoms with E-state index in [9.17, 15) is 9.18 Å². The summed E-state index contributed by atoms with van der Waals surface area (Å²) in [5.41, 5.74) is 4.44. The molecule has 0 saturated carbocycles. The van der Waals surface area contributed by atoms with Gasteiger partial charge in [-0.15, -0.1) is 0 Å². The van der Waals surface area contributed by atoms with Gasteiger partial charge in [0.25, 0.3) is 5.91 Å². The number of nitrogens with one attached hydrogen (secondary N) is 2. The van der Waals surface area contributed by atoms with Gasteiger partial charge in [0, 0.05) is 53.0 Å². The van der Waals surface area contributed by atoms with Crippen molar-refractivity contribution < 1.29 is 9.18 Å². The summed E-state index contributed by atoms with van der Waals surface area (Å²) >= 11 is 0. The molecule has 0 saturated heterocycles. The van der Waals surface area contributed by atoms with Gasteiger partial charge < -0.3 is 5.32 Å². The Hall–Kier alpha value is -4.64. The molecule has 0 aliphatic rings. The van der Waals surface area contributed by atoms with E-state index in [1.807, 2.05) is 18.2 Å². The summed E-state index contributed by atoms with van der Waals surface area (Å²) in [6.45, 7) is 0.0579. The van der Waals surface area contributed by atoms with Crippen molar-refractivity contribution in [2.45, 2.75) is 13.0 Å². The number of carbonyl (C=O) groups excluding carboxylic acids is 1. The summed E-state index contributed by atoms with van der Waals surface area (Å²) in [5, 5.41) is 20.1. The zero-order chi connectivity index (χ0) is 22.8. The Morgan fingerprint density at radius 3 is 2.85 bits per heavy atom. The normalized spacial score (nSPS) is 10.9. The maximum atomic E-state index is 14.3. The molecule has 3 aromatic heterocycles. The number of aromatic nitrogens is 4. The quantitative estimate of drug-likeness (QED) is 0.432. The third-order valence-corrected chi connectivity index (χ3v) is 5.39. The first-order valence-corrected chi connectivity index (χ1v) is 10.2. The Bertz CT molecular complexity index is 1550. The van der Waals surface area contributed by atoms with E-state index < -0.39 is 5.82 Å². The summed E-state index contributed by atoms with van der Waals surface area (Å²) in [4.78, 5) is 21.3. The van der Waals surface area contributed by atoms with Gasteiger partial charge in [0.1, 0.15) is 11.9 Å². The van der Waals surface area contributed by atoms with Crippen molar-refractivity contribution in [2.75, 3.05) is 0 Å². The zero-order valence-corrected chi connectivity index (χ0v) is 17.3. The molecule has 5 aromatic rings. The standard InChI is InChI=1S/C25H17FN6O/c26-22-10-24-20(14-31-32-24)8-19(22)13-30-25(33)17-3-4-28-21(9-17)7-15-1-2-23-18(5-15)6-16(11-27)12-29-23/h1-6,8-10,12,14H,7,13H2,(H,30,33)(H,31,32). The number of nitriles is 1. The molecule has 33 heavy (non-hydrogen) atoms. The minimum Gasteiger partial charge on any atom is -0.348 e. The Balaban J connectivity index is 1.31. The first kappa shape index (κ1) is 20.3. The molecule has 0 unspecified atom stereocenters. The number of amides is 1. The second-order valence-electron chi connectivity index (χ2n) is 7.66. The monoisotopic (exact) mass is 436 g/mol. The zero-order valence-electron chi connectivity index (χ0n) is 17.3. The van der Waals surface area contributed by atoms with Crippen LogP contribution in [0.15, 0.2) is 67.1 Å². The summed E-state index contributed by atoms with van der Waals surface area (Å²) < 4.78 is 14.3. The number of carbonyl (C=O) groups is 1. The number of aromatic amines is 1. The van der Waals surface area contributed by atoms with Crippen LogP contribution in [0.2, 0.25) is 0 Å². The average molecular weight is 436 g/mol. The van der Waals surface area contributed by atoms with Crippen LogP contribution in [0.1, 0.15) is 32.7 Å². The van der Waals surface area contributed by atoms with Crippen molar-refractivity contribution in [3.05, 3.63) is 101 Å². The summed E-state index contributed by atoms with van der Waals surface area (Å²) in [6.07, 6.45) is 5.25. The number of nitrogens with zero attached hydrogens (tertiary/aromatic N) is 4. The van der Waals surface area contributed by atoms with Crippen LogP contribution in [0.3, 0.4) is 0 Å². The Labute approximate surface area is 187 Å². The number of hydrogen-bond donors (Lipinski definition) is 2. The second kappa shape index (κ2) is 8.48. The van der Waals surface area contributed by atoms with Gasteiger partial charge in [0.15, 0.2) is 0 Å². The largest absolute Gasteiger partial charge is 0.348 e. The van der Waals surface area contributed by atoms with Gasteiger partial charge in [-0.05, 0) is 48.0 Å². The third-order valence-electron chi connectivity index (χ3n) is 5.39. The van der Waals surface area contributed by atoms with Crippen molar-refractivity contribution in [1.29, 1.82) is 5.26 Å². The van der Waals surface area contributed by atoms with Gasteiger partial charge in [-0.1, -0.05) is 6.07 Å². The molecule has 0 bridgehead atoms. The van der Waals surface area contributed by atoms with Crippen molar-refractivity contribution in [2.24, 2.45) is 0 Å². The van der Waals surface area contributed by atoms with Crippen LogP contribution < -0.4 is 5.32 Å². The highest BCUT2D eigenvalue weighted by Gasteiger charge is 2.11. The molecular formula is C25H17FN6O. The fourth-order valence-corrected chi connectivity index (χ4v) is 3.70. The van der Waals surface area contributed by atoms with E-state index in [1.54, 1.807) is 42.9 Å². The van der Waals surface area contributed by atoms with E-state index in [4.69, 9.17) is 5.26 Å². The van der Waals surface area contributed by atoms with Crippen LogP contribution in [-0.4, -0.2) is 26.1 Å². The topological polar surface area (TPSA) is 107 Å².